The van der Waals surface area contributed by atoms with Crippen molar-refractivity contribution >= 4 is 5.69 Å². The summed E-state index contributed by atoms with van der Waals surface area (Å²) in [4.78, 5) is 2.02. The third-order valence-electron chi connectivity index (χ3n) is 3.03. The second-order valence-electron chi connectivity index (χ2n) is 4.56. The summed E-state index contributed by atoms with van der Waals surface area (Å²) in [5, 5.41) is 9.77. The SMILES string of the molecule is CC[C@H](N)c1ccccc1N(C)CC(O)COC. The number of nitrogens with two attached hydrogens (primary N) is 1. The van der Waals surface area contributed by atoms with Gasteiger partial charge in [0.05, 0.1) is 12.7 Å². The first kappa shape index (κ1) is 15.0. The Bertz CT molecular complexity index is 357. The second-order valence-corrected chi connectivity index (χ2v) is 4.56. The molecule has 1 aromatic carbocycles. The van der Waals surface area contributed by atoms with E-state index in [0.29, 0.717) is 13.2 Å². The minimum Gasteiger partial charge on any atom is -0.389 e. The molecule has 18 heavy (non-hydrogen) atoms. The zero-order valence-corrected chi connectivity index (χ0v) is 11.5. The van der Waals surface area contributed by atoms with Gasteiger partial charge in [-0.05, 0) is 18.1 Å². The number of likely N-dealkylation sites (N-methyl/N-ethyl adjacent to an activating group) is 1. The molecule has 102 valence electrons. The Kier molecular flexibility index (Phi) is 6.12. The molecule has 0 fully saturated rings. The highest BCUT2D eigenvalue weighted by Crippen LogP contribution is 2.25. The van der Waals surface area contributed by atoms with Crippen molar-refractivity contribution in [1.29, 1.82) is 0 Å². The highest BCUT2D eigenvalue weighted by molar-refractivity contribution is 5.54. The third kappa shape index (κ3) is 3.98. The molecule has 1 unspecified atom stereocenters. The molecule has 0 spiro atoms. The van der Waals surface area contributed by atoms with Crippen molar-refractivity contribution < 1.29 is 9.84 Å². The van der Waals surface area contributed by atoms with Crippen LogP contribution in [0.1, 0.15) is 24.9 Å². The maximum absolute atomic E-state index is 9.77. The van der Waals surface area contributed by atoms with Crippen molar-refractivity contribution in [2.24, 2.45) is 5.73 Å². The highest BCUT2D eigenvalue weighted by atomic mass is 16.5. The summed E-state index contributed by atoms with van der Waals surface area (Å²) in [6, 6.07) is 8.09. The Morgan fingerprint density at radius 1 is 1.39 bits per heavy atom. The lowest BCUT2D eigenvalue weighted by Gasteiger charge is -2.26. The van der Waals surface area contributed by atoms with Crippen molar-refractivity contribution in [2.45, 2.75) is 25.5 Å². The van der Waals surface area contributed by atoms with E-state index in [0.717, 1.165) is 17.7 Å². The minimum atomic E-state index is -0.495. The first-order valence-corrected chi connectivity index (χ1v) is 6.32. The molecule has 1 rings (SSSR count). The summed E-state index contributed by atoms with van der Waals surface area (Å²) >= 11 is 0. The number of rotatable bonds is 7. The molecular formula is C14H24N2O2. The summed E-state index contributed by atoms with van der Waals surface area (Å²) in [5.74, 6) is 0. The van der Waals surface area contributed by atoms with Gasteiger partial charge in [0.25, 0.3) is 0 Å². The van der Waals surface area contributed by atoms with Gasteiger partial charge in [0.2, 0.25) is 0 Å². The van der Waals surface area contributed by atoms with Gasteiger partial charge in [-0.15, -0.1) is 0 Å². The van der Waals surface area contributed by atoms with Crippen LogP contribution in [0.5, 0.6) is 0 Å². The first-order chi connectivity index (χ1) is 8.60. The average Bonchev–Trinajstić information content (AvgIpc) is 2.38. The monoisotopic (exact) mass is 252 g/mol. The molecule has 4 nitrogen and oxygen atoms in total. The van der Waals surface area contributed by atoms with E-state index in [9.17, 15) is 5.11 Å². The van der Waals surface area contributed by atoms with E-state index in [2.05, 4.69) is 6.92 Å². The van der Waals surface area contributed by atoms with E-state index >= 15 is 0 Å². The summed E-state index contributed by atoms with van der Waals surface area (Å²) < 4.78 is 4.94. The lowest BCUT2D eigenvalue weighted by molar-refractivity contribution is 0.0695. The van der Waals surface area contributed by atoms with Gasteiger partial charge in [-0.3, -0.25) is 0 Å². The second kappa shape index (κ2) is 7.36. The molecule has 0 radical (unpaired) electrons. The first-order valence-electron chi connectivity index (χ1n) is 6.32. The number of methoxy groups -OCH3 is 1. The standard InChI is InChI=1S/C14H24N2O2/c1-4-13(15)12-7-5-6-8-14(12)16(2)9-11(17)10-18-3/h5-8,11,13,17H,4,9-10,15H2,1-3H3/t11?,13-/m0/s1. The Labute approximate surface area is 109 Å². The Balaban J connectivity index is 2.81. The van der Waals surface area contributed by atoms with E-state index in [1.807, 2.05) is 36.2 Å². The van der Waals surface area contributed by atoms with Crippen molar-refractivity contribution in [3.05, 3.63) is 29.8 Å². The molecule has 2 atom stereocenters. The third-order valence-corrected chi connectivity index (χ3v) is 3.03. The van der Waals surface area contributed by atoms with Crippen molar-refractivity contribution in [2.75, 3.05) is 32.2 Å². The maximum Gasteiger partial charge on any atom is 0.0947 e. The van der Waals surface area contributed by atoms with Crippen LogP contribution < -0.4 is 10.6 Å². The molecule has 0 aromatic heterocycles. The minimum absolute atomic E-state index is 0.0308. The fourth-order valence-electron chi connectivity index (χ4n) is 2.03. The molecule has 0 aliphatic heterocycles. The van der Waals surface area contributed by atoms with Crippen molar-refractivity contribution in [3.8, 4) is 0 Å². The van der Waals surface area contributed by atoms with Gasteiger partial charge >= 0.3 is 0 Å². The van der Waals surface area contributed by atoms with Gasteiger partial charge in [-0.2, -0.15) is 0 Å². The Hall–Kier alpha value is -1.10. The normalized spacial score (nSPS) is 14.3. The van der Waals surface area contributed by atoms with Gasteiger partial charge < -0.3 is 20.5 Å². The van der Waals surface area contributed by atoms with Crippen LogP contribution in [0.2, 0.25) is 0 Å². The van der Waals surface area contributed by atoms with E-state index in [-0.39, 0.29) is 6.04 Å². The molecule has 4 heteroatoms. The molecular weight excluding hydrogens is 228 g/mol. The van der Waals surface area contributed by atoms with Gasteiger partial charge in [-0.25, -0.2) is 0 Å². The van der Waals surface area contributed by atoms with Crippen LogP contribution in [-0.4, -0.2) is 38.5 Å². The largest absolute Gasteiger partial charge is 0.389 e. The summed E-state index contributed by atoms with van der Waals surface area (Å²) in [6.45, 7) is 2.94. The molecule has 0 saturated heterocycles. The van der Waals surface area contributed by atoms with Gasteiger partial charge in [0, 0.05) is 32.4 Å². The quantitative estimate of drug-likeness (QED) is 0.773. The molecule has 0 heterocycles. The fraction of sp³-hybridized carbons (Fsp3) is 0.571. The number of para-hydroxylation sites is 1. The van der Waals surface area contributed by atoms with E-state index < -0.39 is 6.10 Å². The predicted molar refractivity (Wildman–Crippen MR) is 74.8 cm³/mol. The topological polar surface area (TPSA) is 58.7 Å². The molecule has 0 bridgehead atoms. The molecule has 3 N–H and O–H groups in total. The zero-order chi connectivity index (χ0) is 13.5. The number of aliphatic hydroxyl groups is 1. The molecule has 0 amide bonds. The van der Waals surface area contributed by atoms with Crippen LogP contribution in [0, 0.1) is 0 Å². The molecule has 0 aliphatic rings. The van der Waals surface area contributed by atoms with Crippen LogP contribution >= 0.6 is 0 Å². The number of hydrogen-bond donors (Lipinski definition) is 2. The number of nitrogens with zero attached hydrogens (tertiary/aromatic N) is 1. The maximum atomic E-state index is 9.77. The molecule has 0 aliphatic carbocycles. The summed E-state index contributed by atoms with van der Waals surface area (Å²) in [5.41, 5.74) is 8.30. The van der Waals surface area contributed by atoms with Crippen LogP contribution in [0.3, 0.4) is 0 Å². The van der Waals surface area contributed by atoms with Crippen molar-refractivity contribution in [3.63, 3.8) is 0 Å². The Morgan fingerprint density at radius 2 is 2.06 bits per heavy atom. The summed E-state index contributed by atoms with van der Waals surface area (Å²) in [6.07, 6.45) is 0.400. The van der Waals surface area contributed by atoms with E-state index in [1.165, 1.54) is 0 Å². The van der Waals surface area contributed by atoms with E-state index in [1.54, 1.807) is 7.11 Å². The fourth-order valence-corrected chi connectivity index (χ4v) is 2.03. The predicted octanol–water partition coefficient (Wildman–Crippen LogP) is 1.54. The van der Waals surface area contributed by atoms with Gasteiger partial charge in [0.1, 0.15) is 0 Å². The molecule has 1 aromatic rings. The Morgan fingerprint density at radius 3 is 2.67 bits per heavy atom. The summed E-state index contributed by atoms with van der Waals surface area (Å²) in [7, 11) is 3.55. The van der Waals surface area contributed by atoms with Crippen LogP contribution in [0.15, 0.2) is 24.3 Å². The van der Waals surface area contributed by atoms with Gasteiger partial charge in [-0.1, -0.05) is 25.1 Å². The number of hydrogen-bond acceptors (Lipinski definition) is 4. The number of aliphatic hydroxyl groups excluding tert-OH is 1. The lowest BCUT2D eigenvalue weighted by atomic mass is 10.0. The lowest BCUT2D eigenvalue weighted by Crippen LogP contribution is -2.32. The van der Waals surface area contributed by atoms with Crippen LogP contribution in [0.4, 0.5) is 5.69 Å². The number of anilines is 1. The van der Waals surface area contributed by atoms with Crippen LogP contribution in [-0.2, 0) is 4.74 Å². The average molecular weight is 252 g/mol. The zero-order valence-electron chi connectivity index (χ0n) is 11.5. The van der Waals surface area contributed by atoms with Crippen LogP contribution in [0.25, 0.3) is 0 Å². The smallest absolute Gasteiger partial charge is 0.0947 e. The van der Waals surface area contributed by atoms with Crippen molar-refractivity contribution in [1.82, 2.24) is 0 Å². The molecule has 0 saturated carbocycles. The van der Waals surface area contributed by atoms with Gasteiger partial charge in [0.15, 0.2) is 0 Å². The van der Waals surface area contributed by atoms with E-state index in [4.69, 9.17) is 10.5 Å². The number of ether oxygens (including phenoxy) is 1. The number of benzene rings is 1. The highest BCUT2D eigenvalue weighted by Gasteiger charge is 2.14.